The molecule has 5 heteroatoms. The second-order valence-corrected chi connectivity index (χ2v) is 6.24. The second-order valence-electron chi connectivity index (χ2n) is 6.24. The van der Waals surface area contributed by atoms with Gasteiger partial charge in [-0.3, -0.25) is 0 Å². The Morgan fingerprint density at radius 3 is 2.52 bits per heavy atom. The van der Waals surface area contributed by atoms with E-state index in [1.54, 1.807) is 0 Å². The molecule has 0 fully saturated rings. The van der Waals surface area contributed by atoms with E-state index in [4.69, 9.17) is 0 Å². The molecule has 0 aliphatic heterocycles. The van der Waals surface area contributed by atoms with Gasteiger partial charge >= 0.3 is 0 Å². The zero-order valence-electron chi connectivity index (χ0n) is 13.1. The van der Waals surface area contributed by atoms with Crippen LogP contribution in [0.15, 0.2) is 24.3 Å². The standard InChI is InChI=1S/C16H24N4O/c1-16(2,3)13(9-10-21)19-14-11-7-5-6-8-12(11)18-15(17-4)20-14/h5-8,13,21H,9-10H2,1-4H3,(H2,17,18,19,20). The molecule has 1 heterocycles. The fraction of sp³-hybridized carbons (Fsp3) is 0.500. The van der Waals surface area contributed by atoms with E-state index in [0.29, 0.717) is 12.4 Å². The van der Waals surface area contributed by atoms with Gasteiger partial charge in [-0.15, -0.1) is 0 Å². The number of nitrogens with zero attached hydrogens (tertiary/aromatic N) is 2. The fourth-order valence-corrected chi connectivity index (χ4v) is 2.31. The van der Waals surface area contributed by atoms with E-state index in [-0.39, 0.29) is 18.1 Å². The lowest BCUT2D eigenvalue weighted by atomic mass is 9.85. The molecule has 2 rings (SSSR count). The molecule has 3 N–H and O–H groups in total. The Bertz CT molecular complexity index is 607. The zero-order chi connectivity index (χ0) is 15.5. The molecule has 0 radical (unpaired) electrons. The summed E-state index contributed by atoms with van der Waals surface area (Å²) in [6, 6.07) is 8.06. The van der Waals surface area contributed by atoms with E-state index < -0.39 is 0 Å². The molecule has 1 aromatic carbocycles. The third kappa shape index (κ3) is 3.61. The van der Waals surface area contributed by atoms with Crippen LogP contribution >= 0.6 is 0 Å². The Hall–Kier alpha value is -1.88. The van der Waals surface area contributed by atoms with Crippen molar-refractivity contribution in [2.45, 2.75) is 33.2 Å². The molecule has 5 nitrogen and oxygen atoms in total. The van der Waals surface area contributed by atoms with Crippen LogP contribution in [-0.4, -0.2) is 34.8 Å². The number of para-hydroxylation sites is 1. The van der Waals surface area contributed by atoms with Crippen LogP contribution in [0.25, 0.3) is 10.9 Å². The van der Waals surface area contributed by atoms with Gasteiger partial charge in [-0.25, -0.2) is 4.98 Å². The monoisotopic (exact) mass is 288 g/mol. The topological polar surface area (TPSA) is 70.1 Å². The number of benzene rings is 1. The summed E-state index contributed by atoms with van der Waals surface area (Å²) in [5.74, 6) is 1.39. The number of aromatic nitrogens is 2. The van der Waals surface area contributed by atoms with Crippen LogP contribution < -0.4 is 10.6 Å². The summed E-state index contributed by atoms with van der Waals surface area (Å²) in [5.41, 5.74) is 0.921. The highest BCUT2D eigenvalue weighted by atomic mass is 16.3. The minimum absolute atomic E-state index is 0.0224. The van der Waals surface area contributed by atoms with Gasteiger partial charge in [0.2, 0.25) is 5.95 Å². The highest BCUT2D eigenvalue weighted by Gasteiger charge is 2.25. The number of rotatable bonds is 5. The molecule has 1 unspecified atom stereocenters. The number of anilines is 2. The van der Waals surface area contributed by atoms with E-state index in [1.165, 1.54) is 0 Å². The van der Waals surface area contributed by atoms with Gasteiger partial charge in [0.25, 0.3) is 0 Å². The molecule has 0 bridgehead atoms. The summed E-state index contributed by atoms with van der Waals surface area (Å²) in [5, 5.41) is 16.8. The van der Waals surface area contributed by atoms with Gasteiger partial charge in [-0.2, -0.15) is 4.98 Å². The third-order valence-electron chi connectivity index (χ3n) is 3.60. The van der Waals surface area contributed by atoms with Gasteiger partial charge in [-0.1, -0.05) is 32.9 Å². The number of hydrogen-bond acceptors (Lipinski definition) is 5. The van der Waals surface area contributed by atoms with Crippen molar-refractivity contribution in [1.29, 1.82) is 0 Å². The van der Waals surface area contributed by atoms with Crippen molar-refractivity contribution in [2.24, 2.45) is 5.41 Å². The van der Waals surface area contributed by atoms with Gasteiger partial charge < -0.3 is 15.7 Å². The van der Waals surface area contributed by atoms with Gasteiger partial charge in [0.05, 0.1) is 5.52 Å². The molecular formula is C16H24N4O. The van der Waals surface area contributed by atoms with Crippen LogP contribution in [0, 0.1) is 5.41 Å². The summed E-state index contributed by atoms with van der Waals surface area (Å²) in [6.07, 6.45) is 0.677. The summed E-state index contributed by atoms with van der Waals surface area (Å²) in [6.45, 7) is 6.62. The van der Waals surface area contributed by atoms with Crippen LogP contribution in [0.3, 0.4) is 0 Å². The molecule has 0 saturated heterocycles. The van der Waals surface area contributed by atoms with E-state index in [0.717, 1.165) is 16.7 Å². The van der Waals surface area contributed by atoms with Crippen molar-refractivity contribution >= 4 is 22.7 Å². The van der Waals surface area contributed by atoms with Crippen molar-refractivity contribution in [2.75, 3.05) is 24.3 Å². The molecule has 0 amide bonds. The molecule has 1 atom stereocenters. The van der Waals surface area contributed by atoms with E-state index in [1.807, 2.05) is 31.3 Å². The maximum absolute atomic E-state index is 9.31. The van der Waals surface area contributed by atoms with Crippen molar-refractivity contribution in [3.8, 4) is 0 Å². The number of aliphatic hydroxyl groups is 1. The summed E-state index contributed by atoms with van der Waals surface area (Å²) in [7, 11) is 1.81. The molecule has 0 aliphatic carbocycles. The van der Waals surface area contributed by atoms with E-state index >= 15 is 0 Å². The highest BCUT2D eigenvalue weighted by Crippen LogP contribution is 2.28. The third-order valence-corrected chi connectivity index (χ3v) is 3.60. The van der Waals surface area contributed by atoms with E-state index in [2.05, 4.69) is 41.4 Å². The summed E-state index contributed by atoms with van der Waals surface area (Å²) < 4.78 is 0. The minimum Gasteiger partial charge on any atom is -0.396 e. The first-order chi connectivity index (χ1) is 9.95. The Morgan fingerprint density at radius 1 is 1.19 bits per heavy atom. The Labute approximate surface area is 125 Å². The lowest BCUT2D eigenvalue weighted by Gasteiger charge is -2.32. The first kappa shape index (κ1) is 15.5. The second kappa shape index (κ2) is 6.26. The van der Waals surface area contributed by atoms with Gasteiger partial charge in [0.15, 0.2) is 0 Å². The van der Waals surface area contributed by atoms with Crippen LogP contribution in [-0.2, 0) is 0 Å². The molecule has 0 spiro atoms. The number of hydrogen-bond donors (Lipinski definition) is 3. The Morgan fingerprint density at radius 2 is 1.90 bits per heavy atom. The lowest BCUT2D eigenvalue weighted by molar-refractivity contribution is 0.235. The minimum atomic E-state index is 0.0224. The molecular weight excluding hydrogens is 264 g/mol. The van der Waals surface area contributed by atoms with Crippen LogP contribution in [0.4, 0.5) is 11.8 Å². The summed E-state index contributed by atoms with van der Waals surface area (Å²) in [4.78, 5) is 9.00. The van der Waals surface area contributed by atoms with Gasteiger partial charge in [0, 0.05) is 25.1 Å². The zero-order valence-corrected chi connectivity index (χ0v) is 13.1. The van der Waals surface area contributed by atoms with E-state index in [9.17, 15) is 5.11 Å². The number of aliphatic hydroxyl groups excluding tert-OH is 1. The average Bonchev–Trinajstić information content (AvgIpc) is 2.45. The molecule has 21 heavy (non-hydrogen) atoms. The SMILES string of the molecule is CNc1nc(NC(CCO)C(C)(C)C)c2ccccc2n1. The number of nitrogens with one attached hydrogen (secondary N) is 2. The van der Waals surface area contributed by atoms with Crippen LogP contribution in [0.1, 0.15) is 27.2 Å². The average molecular weight is 288 g/mol. The predicted octanol–water partition coefficient (Wildman–Crippen LogP) is 2.88. The van der Waals surface area contributed by atoms with Gasteiger partial charge in [0.1, 0.15) is 5.82 Å². The quantitative estimate of drug-likeness (QED) is 0.789. The van der Waals surface area contributed by atoms with Gasteiger partial charge in [-0.05, 0) is 24.0 Å². The first-order valence-corrected chi connectivity index (χ1v) is 7.27. The molecule has 0 saturated carbocycles. The Balaban J connectivity index is 2.44. The van der Waals surface area contributed by atoms with Crippen molar-refractivity contribution < 1.29 is 5.11 Å². The molecule has 114 valence electrons. The largest absolute Gasteiger partial charge is 0.396 e. The van der Waals surface area contributed by atoms with Crippen LogP contribution in [0.5, 0.6) is 0 Å². The maximum atomic E-state index is 9.31. The lowest BCUT2D eigenvalue weighted by Crippen LogP contribution is -2.35. The maximum Gasteiger partial charge on any atom is 0.224 e. The smallest absolute Gasteiger partial charge is 0.224 e. The predicted molar refractivity (Wildman–Crippen MR) is 87.7 cm³/mol. The normalized spacial score (nSPS) is 13.2. The molecule has 1 aromatic heterocycles. The van der Waals surface area contributed by atoms with Crippen molar-refractivity contribution in [3.05, 3.63) is 24.3 Å². The molecule has 2 aromatic rings. The Kier molecular flexibility index (Phi) is 4.63. The van der Waals surface area contributed by atoms with Crippen LogP contribution in [0.2, 0.25) is 0 Å². The van der Waals surface area contributed by atoms with Crippen molar-refractivity contribution in [1.82, 2.24) is 9.97 Å². The number of fused-ring (bicyclic) bond motifs is 1. The first-order valence-electron chi connectivity index (χ1n) is 7.27. The molecule has 0 aliphatic rings. The highest BCUT2D eigenvalue weighted by molar-refractivity contribution is 5.90. The summed E-state index contributed by atoms with van der Waals surface area (Å²) >= 11 is 0. The van der Waals surface area contributed by atoms with Crippen molar-refractivity contribution in [3.63, 3.8) is 0 Å². The fourth-order valence-electron chi connectivity index (χ4n) is 2.31.